The molecular formula is C9H6F4O2. The van der Waals surface area contributed by atoms with Crippen LogP contribution in [0, 0.1) is 0 Å². The third-order valence-electron chi connectivity index (χ3n) is 1.50. The van der Waals surface area contributed by atoms with Gasteiger partial charge >= 0.3 is 6.36 Å². The van der Waals surface area contributed by atoms with E-state index >= 15 is 0 Å². The van der Waals surface area contributed by atoms with Gasteiger partial charge in [0.2, 0.25) is 5.78 Å². The molecule has 1 rings (SSSR count). The Kier molecular flexibility index (Phi) is 3.41. The molecule has 0 bridgehead atoms. The number of alkyl halides is 4. The summed E-state index contributed by atoms with van der Waals surface area (Å²) in [6, 6.07) is 6.78. The zero-order valence-electron chi connectivity index (χ0n) is 7.29. The Morgan fingerprint density at radius 3 is 2.20 bits per heavy atom. The van der Waals surface area contributed by atoms with E-state index in [1.807, 2.05) is 0 Å². The molecule has 0 N–H and O–H groups in total. The number of carbonyl (C=O) groups is 1. The third kappa shape index (κ3) is 3.67. The molecule has 0 fully saturated rings. The van der Waals surface area contributed by atoms with Crippen LogP contribution >= 0.6 is 0 Å². The molecule has 0 saturated heterocycles. The first-order chi connectivity index (χ1) is 6.90. The van der Waals surface area contributed by atoms with Gasteiger partial charge in [-0.1, -0.05) is 30.3 Å². The number of ether oxygens (including phenoxy) is 1. The van der Waals surface area contributed by atoms with Gasteiger partial charge in [-0.25, -0.2) is 9.13 Å². The zero-order valence-corrected chi connectivity index (χ0v) is 7.29. The largest absolute Gasteiger partial charge is 0.525 e. The Morgan fingerprint density at radius 1 is 1.20 bits per heavy atom. The van der Waals surface area contributed by atoms with Crippen LogP contribution in [0.3, 0.4) is 0 Å². The standard InChI is InChI=1S/C9H6F4O2/c10-8(15-9(11,12)13)7(14)6-4-2-1-3-5-6/h1-5,8H. The lowest BCUT2D eigenvalue weighted by atomic mass is 10.1. The molecule has 0 aromatic heterocycles. The Hall–Kier alpha value is -1.43. The summed E-state index contributed by atoms with van der Waals surface area (Å²) in [5, 5.41) is 0. The molecule has 1 aromatic rings. The summed E-state index contributed by atoms with van der Waals surface area (Å²) in [4.78, 5) is 11.0. The van der Waals surface area contributed by atoms with Crippen LogP contribution in [0.25, 0.3) is 0 Å². The lowest BCUT2D eigenvalue weighted by molar-refractivity contribution is -0.350. The van der Waals surface area contributed by atoms with Gasteiger partial charge in [-0.2, -0.15) is 0 Å². The molecule has 0 spiro atoms. The van der Waals surface area contributed by atoms with Crippen LogP contribution in [0.4, 0.5) is 17.6 Å². The van der Waals surface area contributed by atoms with Crippen LogP contribution in [0.1, 0.15) is 10.4 Å². The first-order valence-electron chi connectivity index (χ1n) is 3.88. The number of Topliss-reactive ketones (excluding diaryl/α,β-unsaturated/α-hetero) is 1. The van der Waals surface area contributed by atoms with Gasteiger partial charge in [-0.05, 0) is 0 Å². The highest BCUT2D eigenvalue weighted by Crippen LogP contribution is 2.21. The Balaban J connectivity index is 2.70. The highest BCUT2D eigenvalue weighted by Gasteiger charge is 2.37. The molecule has 1 atom stereocenters. The minimum atomic E-state index is -5.16. The van der Waals surface area contributed by atoms with Gasteiger partial charge in [0.15, 0.2) is 0 Å². The second kappa shape index (κ2) is 4.39. The highest BCUT2D eigenvalue weighted by molar-refractivity contribution is 5.98. The molecule has 15 heavy (non-hydrogen) atoms. The molecule has 82 valence electrons. The van der Waals surface area contributed by atoms with Crippen molar-refractivity contribution in [2.45, 2.75) is 12.7 Å². The topological polar surface area (TPSA) is 26.3 Å². The molecule has 0 radical (unpaired) electrons. The average Bonchev–Trinajstić information content (AvgIpc) is 2.15. The van der Waals surface area contributed by atoms with E-state index in [9.17, 15) is 22.4 Å². The number of carbonyl (C=O) groups excluding carboxylic acids is 1. The van der Waals surface area contributed by atoms with Gasteiger partial charge in [0.25, 0.3) is 6.36 Å². The molecule has 0 saturated carbocycles. The zero-order chi connectivity index (χ0) is 11.5. The minimum Gasteiger partial charge on any atom is -0.288 e. The summed E-state index contributed by atoms with van der Waals surface area (Å²) in [6.07, 6.45) is -8.18. The molecule has 1 unspecified atom stereocenters. The quantitative estimate of drug-likeness (QED) is 0.580. The van der Waals surface area contributed by atoms with Crippen molar-refractivity contribution in [2.75, 3.05) is 0 Å². The van der Waals surface area contributed by atoms with E-state index in [2.05, 4.69) is 4.74 Å². The van der Waals surface area contributed by atoms with Crippen molar-refractivity contribution < 1.29 is 27.1 Å². The lowest BCUT2D eigenvalue weighted by Gasteiger charge is -2.10. The molecule has 0 aliphatic rings. The van der Waals surface area contributed by atoms with Gasteiger partial charge < -0.3 is 0 Å². The Bertz CT molecular complexity index is 334. The average molecular weight is 222 g/mol. The summed E-state index contributed by atoms with van der Waals surface area (Å²) in [6.45, 7) is 0. The summed E-state index contributed by atoms with van der Waals surface area (Å²) in [5.41, 5.74) is -0.172. The predicted molar refractivity (Wildman–Crippen MR) is 42.8 cm³/mol. The second-order valence-corrected chi connectivity index (χ2v) is 2.61. The van der Waals surface area contributed by atoms with E-state index in [0.29, 0.717) is 0 Å². The van der Waals surface area contributed by atoms with Gasteiger partial charge in [0, 0.05) is 5.56 Å². The molecule has 0 aliphatic heterocycles. The number of ketones is 1. The fourth-order valence-corrected chi connectivity index (χ4v) is 0.904. The summed E-state index contributed by atoms with van der Waals surface area (Å²) in [5.74, 6) is -1.35. The van der Waals surface area contributed by atoms with Crippen LogP contribution < -0.4 is 0 Å². The number of halogens is 4. The fraction of sp³-hybridized carbons (Fsp3) is 0.222. The SMILES string of the molecule is O=C(c1ccccc1)C(F)OC(F)(F)F. The highest BCUT2D eigenvalue weighted by atomic mass is 19.4. The van der Waals surface area contributed by atoms with E-state index in [1.54, 1.807) is 6.07 Å². The Labute approximate surface area is 82.5 Å². The van der Waals surface area contributed by atoms with Gasteiger partial charge in [-0.3, -0.25) is 4.79 Å². The van der Waals surface area contributed by atoms with Crippen molar-refractivity contribution in [3.8, 4) is 0 Å². The number of benzene rings is 1. The van der Waals surface area contributed by atoms with Crippen molar-refractivity contribution >= 4 is 5.78 Å². The van der Waals surface area contributed by atoms with Gasteiger partial charge in [0.05, 0.1) is 0 Å². The minimum absolute atomic E-state index is 0.172. The molecule has 0 heterocycles. The summed E-state index contributed by atoms with van der Waals surface area (Å²) >= 11 is 0. The third-order valence-corrected chi connectivity index (χ3v) is 1.50. The fourth-order valence-electron chi connectivity index (χ4n) is 0.904. The summed E-state index contributed by atoms with van der Waals surface area (Å²) in [7, 11) is 0. The lowest BCUT2D eigenvalue weighted by Crippen LogP contribution is -2.27. The maximum absolute atomic E-state index is 12.7. The molecule has 6 heteroatoms. The number of hydrogen-bond donors (Lipinski definition) is 0. The van der Waals surface area contributed by atoms with Crippen molar-refractivity contribution in [2.24, 2.45) is 0 Å². The van der Waals surface area contributed by atoms with Crippen molar-refractivity contribution in [1.29, 1.82) is 0 Å². The van der Waals surface area contributed by atoms with Crippen LogP contribution in [0.5, 0.6) is 0 Å². The molecule has 1 aromatic carbocycles. The molecule has 0 amide bonds. The monoisotopic (exact) mass is 222 g/mol. The second-order valence-electron chi connectivity index (χ2n) is 2.61. The number of hydrogen-bond acceptors (Lipinski definition) is 2. The maximum atomic E-state index is 12.7. The van der Waals surface area contributed by atoms with Gasteiger partial charge in [0.1, 0.15) is 0 Å². The van der Waals surface area contributed by atoms with E-state index in [4.69, 9.17) is 0 Å². The van der Waals surface area contributed by atoms with Crippen molar-refractivity contribution in [1.82, 2.24) is 0 Å². The van der Waals surface area contributed by atoms with E-state index < -0.39 is 18.5 Å². The molecule has 0 aliphatic carbocycles. The van der Waals surface area contributed by atoms with Gasteiger partial charge in [-0.15, -0.1) is 13.2 Å². The van der Waals surface area contributed by atoms with E-state index in [0.717, 1.165) is 0 Å². The van der Waals surface area contributed by atoms with E-state index in [1.165, 1.54) is 24.3 Å². The first-order valence-corrected chi connectivity index (χ1v) is 3.88. The summed E-state index contributed by atoms with van der Waals surface area (Å²) < 4.78 is 50.3. The molecular weight excluding hydrogens is 216 g/mol. The van der Waals surface area contributed by atoms with Crippen LogP contribution in [0.2, 0.25) is 0 Å². The Morgan fingerprint density at radius 2 is 1.73 bits per heavy atom. The van der Waals surface area contributed by atoms with Crippen LogP contribution in [-0.2, 0) is 4.74 Å². The van der Waals surface area contributed by atoms with Crippen LogP contribution in [-0.4, -0.2) is 18.5 Å². The maximum Gasteiger partial charge on any atom is 0.525 e. The predicted octanol–water partition coefficient (Wildman–Crippen LogP) is 2.70. The normalized spacial score (nSPS) is 13.6. The van der Waals surface area contributed by atoms with Crippen molar-refractivity contribution in [3.63, 3.8) is 0 Å². The number of rotatable bonds is 3. The molecule has 2 nitrogen and oxygen atoms in total. The van der Waals surface area contributed by atoms with Crippen LogP contribution in [0.15, 0.2) is 30.3 Å². The van der Waals surface area contributed by atoms with E-state index in [-0.39, 0.29) is 5.56 Å². The first kappa shape index (κ1) is 11.6. The smallest absolute Gasteiger partial charge is 0.288 e. The van der Waals surface area contributed by atoms with Crippen molar-refractivity contribution in [3.05, 3.63) is 35.9 Å².